The largest absolute Gasteiger partial charge is 0.492 e. The molecule has 0 saturated carbocycles. The molecule has 2 unspecified atom stereocenters. The number of ether oxygens (including phenoxy) is 1. The standard InChI is InChI=1S/C29H35F2N3O/c1-22(23-14-17-34(18-15-23)19-20-35-26-11-4-3-5-12-26)33-28(27-13-6-7-16-32-27)24-9-8-10-25(21-24)29(2,30)31/h3-13,16,21,23,27-28,32-33H,1,14-15,17-20H2,2H3. The van der Waals surface area contributed by atoms with Crippen molar-refractivity contribution in [3.05, 3.63) is 102 Å². The number of para-hydroxylation sites is 1. The van der Waals surface area contributed by atoms with Gasteiger partial charge >= 0.3 is 0 Å². The van der Waals surface area contributed by atoms with Crippen molar-refractivity contribution in [1.29, 1.82) is 0 Å². The van der Waals surface area contributed by atoms with Gasteiger partial charge in [0.05, 0.1) is 12.1 Å². The van der Waals surface area contributed by atoms with E-state index in [1.165, 1.54) is 6.07 Å². The minimum Gasteiger partial charge on any atom is -0.492 e. The molecule has 0 amide bonds. The average Bonchev–Trinajstić information content (AvgIpc) is 2.88. The maximum atomic E-state index is 14.0. The van der Waals surface area contributed by atoms with Crippen LogP contribution in [0.15, 0.2) is 91.3 Å². The van der Waals surface area contributed by atoms with Gasteiger partial charge in [0, 0.05) is 30.6 Å². The molecule has 0 spiro atoms. The second kappa shape index (κ2) is 11.5. The molecule has 2 atom stereocenters. The summed E-state index contributed by atoms with van der Waals surface area (Å²) < 4.78 is 33.9. The third kappa shape index (κ3) is 6.95. The minimum atomic E-state index is -2.88. The first kappa shape index (κ1) is 25.0. The van der Waals surface area contributed by atoms with Crippen LogP contribution in [0.1, 0.15) is 36.9 Å². The fourth-order valence-corrected chi connectivity index (χ4v) is 4.69. The van der Waals surface area contributed by atoms with Crippen LogP contribution in [0.25, 0.3) is 0 Å². The Labute approximate surface area is 207 Å². The molecule has 0 aromatic heterocycles. The number of halogens is 2. The van der Waals surface area contributed by atoms with E-state index >= 15 is 0 Å². The number of piperidine rings is 1. The summed E-state index contributed by atoms with van der Waals surface area (Å²) in [5.41, 5.74) is 1.81. The predicted molar refractivity (Wildman–Crippen MR) is 137 cm³/mol. The third-order valence-electron chi connectivity index (χ3n) is 6.77. The average molecular weight is 480 g/mol. The third-order valence-corrected chi connectivity index (χ3v) is 6.77. The van der Waals surface area contributed by atoms with Crippen LogP contribution >= 0.6 is 0 Å². The first-order valence-corrected chi connectivity index (χ1v) is 12.3. The molecule has 2 N–H and O–H groups in total. The fourth-order valence-electron chi connectivity index (χ4n) is 4.69. The highest BCUT2D eigenvalue weighted by Gasteiger charge is 2.29. The van der Waals surface area contributed by atoms with Crippen molar-refractivity contribution in [2.45, 2.75) is 37.8 Å². The first-order chi connectivity index (χ1) is 16.9. The molecule has 4 nitrogen and oxygen atoms in total. The van der Waals surface area contributed by atoms with E-state index in [9.17, 15) is 8.78 Å². The Kier molecular flexibility index (Phi) is 8.24. The van der Waals surface area contributed by atoms with E-state index in [2.05, 4.69) is 28.2 Å². The van der Waals surface area contributed by atoms with Crippen LogP contribution in [0.2, 0.25) is 0 Å². The topological polar surface area (TPSA) is 36.5 Å². The number of alkyl halides is 2. The van der Waals surface area contributed by atoms with Gasteiger partial charge in [0.25, 0.3) is 5.92 Å². The summed E-state index contributed by atoms with van der Waals surface area (Å²) >= 11 is 0. The number of allylic oxidation sites excluding steroid dienone is 3. The molecule has 186 valence electrons. The zero-order chi connectivity index (χ0) is 24.7. The van der Waals surface area contributed by atoms with E-state index in [0.29, 0.717) is 12.5 Å². The summed E-state index contributed by atoms with van der Waals surface area (Å²) in [6.45, 7) is 8.83. The Hall–Kier alpha value is -3.12. The fraction of sp³-hybridized carbons (Fsp3) is 0.379. The van der Waals surface area contributed by atoms with E-state index in [0.717, 1.165) is 56.4 Å². The number of benzene rings is 2. The minimum absolute atomic E-state index is 0.0220. The summed E-state index contributed by atoms with van der Waals surface area (Å²) in [7, 11) is 0. The van der Waals surface area contributed by atoms with Crippen molar-refractivity contribution in [1.82, 2.24) is 15.5 Å². The number of nitrogens with zero attached hydrogens (tertiary/aromatic N) is 1. The van der Waals surface area contributed by atoms with Crippen LogP contribution in [0.4, 0.5) is 8.78 Å². The molecule has 2 aliphatic rings. The van der Waals surface area contributed by atoms with Crippen LogP contribution in [-0.4, -0.2) is 37.2 Å². The van der Waals surface area contributed by atoms with Gasteiger partial charge in [-0.2, -0.15) is 0 Å². The molecule has 2 aromatic carbocycles. The van der Waals surface area contributed by atoms with Crippen LogP contribution < -0.4 is 15.4 Å². The Morgan fingerprint density at radius 3 is 2.60 bits per heavy atom. The molecular formula is C29H35F2N3O. The normalized spacial score (nSPS) is 19.7. The molecular weight excluding hydrogens is 444 g/mol. The maximum absolute atomic E-state index is 14.0. The van der Waals surface area contributed by atoms with E-state index in [4.69, 9.17) is 4.74 Å². The summed E-state index contributed by atoms with van der Waals surface area (Å²) in [5.74, 6) is -1.65. The Morgan fingerprint density at radius 1 is 1.14 bits per heavy atom. The Morgan fingerprint density at radius 2 is 1.91 bits per heavy atom. The number of hydrogen-bond acceptors (Lipinski definition) is 4. The van der Waals surface area contributed by atoms with Gasteiger partial charge in [0.1, 0.15) is 12.4 Å². The van der Waals surface area contributed by atoms with Crippen molar-refractivity contribution >= 4 is 0 Å². The van der Waals surface area contributed by atoms with Gasteiger partial charge in [0.15, 0.2) is 0 Å². The van der Waals surface area contributed by atoms with Crippen LogP contribution in [-0.2, 0) is 5.92 Å². The molecule has 2 heterocycles. The number of hydrogen-bond donors (Lipinski definition) is 2. The zero-order valence-corrected chi connectivity index (χ0v) is 20.3. The molecule has 0 aliphatic carbocycles. The molecule has 1 saturated heterocycles. The van der Waals surface area contributed by atoms with Crippen molar-refractivity contribution in [3.63, 3.8) is 0 Å². The smallest absolute Gasteiger partial charge is 0.270 e. The maximum Gasteiger partial charge on any atom is 0.270 e. The van der Waals surface area contributed by atoms with Gasteiger partial charge in [-0.05, 0) is 62.0 Å². The lowest BCUT2D eigenvalue weighted by Gasteiger charge is -2.36. The van der Waals surface area contributed by atoms with E-state index < -0.39 is 5.92 Å². The molecule has 2 aliphatic heterocycles. The molecule has 0 bridgehead atoms. The van der Waals surface area contributed by atoms with Gasteiger partial charge in [-0.25, -0.2) is 8.78 Å². The van der Waals surface area contributed by atoms with Crippen molar-refractivity contribution < 1.29 is 13.5 Å². The van der Waals surface area contributed by atoms with Crippen LogP contribution in [0, 0.1) is 5.92 Å². The highest BCUT2D eigenvalue weighted by Crippen LogP contribution is 2.31. The van der Waals surface area contributed by atoms with Crippen molar-refractivity contribution in [2.24, 2.45) is 5.92 Å². The predicted octanol–water partition coefficient (Wildman–Crippen LogP) is 5.78. The Bertz CT molecular complexity index is 1020. The molecule has 6 heteroatoms. The Balaban J connectivity index is 1.34. The van der Waals surface area contributed by atoms with Crippen molar-refractivity contribution in [2.75, 3.05) is 26.2 Å². The van der Waals surface area contributed by atoms with Gasteiger partial charge in [0.2, 0.25) is 0 Å². The number of likely N-dealkylation sites (tertiary alicyclic amines) is 1. The van der Waals surface area contributed by atoms with Crippen LogP contribution in [0.3, 0.4) is 0 Å². The lowest BCUT2D eigenvalue weighted by Crippen LogP contribution is -2.42. The van der Waals surface area contributed by atoms with Gasteiger partial charge in [-0.3, -0.25) is 4.90 Å². The molecule has 0 radical (unpaired) electrons. The number of rotatable bonds is 10. The SMILES string of the molecule is C=C(NC(c1cccc(C(C)(F)F)c1)C1C=CC=CN1)C1CCN(CCOc2ccccc2)CC1. The highest BCUT2D eigenvalue weighted by atomic mass is 19.3. The zero-order valence-electron chi connectivity index (χ0n) is 20.3. The summed E-state index contributed by atoms with van der Waals surface area (Å²) in [4.78, 5) is 2.42. The highest BCUT2D eigenvalue weighted by molar-refractivity contribution is 5.32. The van der Waals surface area contributed by atoms with Crippen molar-refractivity contribution in [3.8, 4) is 5.75 Å². The van der Waals surface area contributed by atoms with Crippen LogP contribution in [0.5, 0.6) is 5.75 Å². The quantitative estimate of drug-likeness (QED) is 0.453. The molecule has 4 rings (SSSR count). The van der Waals surface area contributed by atoms with E-state index in [-0.39, 0.29) is 17.6 Å². The summed E-state index contributed by atoms with van der Waals surface area (Å²) in [6.07, 6.45) is 9.85. The second-order valence-electron chi connectivity index (χ2n) is 9.37. The lowest BCUT2D eigenvalue weighted by atomic mass is 9.90. The molecule has 2 aromatic rings. The van der Waals surface area contributed by atoms with Gasteiger partial charge in [-0.15, -0.1) is 0 Å². The number of dihydropyridines is 1. The lowest BCUT2D eigenvalue weighted by molar-refractivity contribution is 0.0173. The summed E-state index contributed by atoms with van der Waals surface area (Å²) in [6, 6.07) is 16.3. The second-order valence-corrected chi connectivity index (χ2v) is 9.37. The van der Waals surface area contributed by atoms with E-state index in [1.807, 2.05) is 54.8 Å². The van der Waals surface area contributed by atoms with Gasteiger partial charge in [-0.1, -0.05) is 55.1 Å². The number of nitrogens with one attached hydrogen (secondary N) is 2. The molecule has 1 fully saturated rings. The summed E-state index contributed by atoms with van der Waals surface area (Å²) in [5, 5.41) is 6.95. The first-order valence-electron chi connectivity index (χ1n) is 12.3. The molecule has 35 heavy (non-hydrogen) atoms. The van der Waals surface area contributed by atoms with Gasteiger partial charge < -0.3 is 15.4 Å². The monoisotopic (exact) mass is 479 g/mol. The van der Waals surface area contributed by atoms with E-state index in [1.54, 1.807) is 12.1 Å².